The summed E-state index contributed by atoms with van der Waals surface area (Å²) >= 11 is 0. The standard InChI is InChI=1S/C60H37BN4O/c1-6-21-38(22-7-1)51-53-56-46(43-31-16-18-34-48(43)62(56)40-25-10-3-11-26-40)37-47-44-33-20-36-50-54(44)61(65(57(47)53)55(51)39-23-8-2-9-24-39)59-58(63(50)41-27-12-4-13-28-41)52-45-32-17-19-35-49(45)64(60(52)66-59)42-29-14-5-15-30-42/h1-37H. The molecule has 66 heavy (non-hydrogen) atoms. The summed E-state index contributed by atoms with van der Waals surface area (Å²) in [6.07, 6.45) is 0. The Kier molecular flexibility index (Phi) is 7.24. The maximum absolute atomic E-state index is 7.74. The first-order valence-corrected chi connectivity index (χ1v) is 22.7. The van der Waals surface area contributed by atoms with Gasteiger partial charge in [0.25, 0.3) is 0 Å². The predicted octanol–water partition coefficient (Wildman–Crippen LogP) is 14.2. The second-order valence-electron chi connectivity index (χ2n) is 17.6. The van der Waals surface area contributed by atoms with E-state index in [4.69, 9.17) is 4.42 Å². The Labute approximate surface area is 380 Å². The lowest BCUT2D eigenvalue weighted by Gasteiger charge is -2.38. The summed E-state index contributed by atoms with van der Waals surface area (Å²) in [5.74, 6) is 0. The number of aromatic nitrogens is 3. The number of benzene rings is 9. The number of fused-ring (bicyclic) bond motifs is 12. The van der Waals surface area contributed by atoms with Gasteiger partial charge in [0.2, 0.25) is 5.71 Å². The highest BCUT2D eigenvalue weighted by molar-refractivity contribution is 6.89. The molecule has 306 valence electrons. The van der Waals surface area contributed by atoms with E-state index in [1.165, 1.54) is 60.4 Å². The summed E-state index contributed by atoms with van der Waals surface area (Å²) in [6.45, 7) is -0.323. The third-order valence-electron chi connectivity index (χ3n) is 14.2. The smallest absolute Gasteiger partial charge is 0.376 e. The van der Waals surface area contributed by atoms with Crippen LogP contribution >= 0.6 is 0 Å². The van der Waals surface area contributed by atoms with Gasteiger partial charge < -0.3 is 18.4 Å². The molecule has 2 aliphatic rings. The second kappa shape index (κ2) is 13.4. The first-order valence-electron chi connectivity index (χ1n) is 22.7. The van der Waals surface area contributed by atoms with E-state index in [1.807, 2.05) is 0 Å². The van der Waals surface area contributed by atoms with Gasteiger partial charge in [0, 0.05) is 66.6 Å². The average molecular weight is 841 g/mol. The third kappa shape index (κ3) is 4.64. The summed E-state index contributed by atoms with van der Waals surface area (Å²) in [7, 11) is 0. The van der Waals surface area contributed by atoms with Crippen LogP contribution in [0, 0.1) is 0 Å². The predicted molar refractivity (Wildman–Crippen MR) is 274 cm³/mol. The quantitative estimate of drug-likeness (QED) is 0.162. The Bertz CT molecular complexity index is 4090. The topological polar surface area (TPSA) is 31.2 Å². The summed E-state index contributed by atoms with van der Waals surface area (Å²) in [4.78, 5) is 2.48. The van der Waals surface area contributed by atoms with Crippen LogP contribution in [-0.2, 0) is 0 Å². The van der Waals surface area contributed by atoms with Crippen molar-refractivity contribution < 1.29 is 4.42 Å². The van der Waals surface area contributed by atoms with E-state index in [-0.39, 0.29) is 6.85 Å². The van der Waals surface area contributed by atoms with Crippen LogP contribution in [0.3, 0.4) is 0 Å². The van der Waals surface area contributed by atoms with Gasteiger partial charge in [0.1, 0.15) is 5.66 Å². The number of nitrogens with zero attached hydrogens (tertiary/aromatic N) is 4. The third-order valence-corrected chi connectivity index (χ3v) is 14.2. The fourth-order valence-corrected chi connectivity index (χ4v) is 11.7. The lowest BCUT2D eigenvalue weighted by Crippen LogP contribution is -2.56. The Morgan fingerprint density at radius 3 is 1.65 bits per heavy atom. The number of hydrogen-bond acceptors (Lipinski definition) is 2. The molecular weight excluding hydrogens is 803 g/mol. The number of rotatable bonds is 5. The first-order chi connectivity index (χ1) is 32.8. The van der Waals surface area contributed by atoms with Gasteiger partial charge >= 0.3 is 6.85 Å². The minimum Gasteiger partial charge on any atom is -0.449 e. The molecule has 0 saturated heterocycles. The summed E-state index contributed by atoms with van der Waals surface area (Å²) < 4.78 is 15.2. The van der Waals surface area contributed by atoms with Gasteiger partial charge in [0.05, 0.1) is 27.6 Å². The number of para-hydroxylation sites is 5. The second-order valence-corrected chi connectivity index (χ2v) is 17.6. The molecule has 0 N–H and O–H groups in total. The molecule has 0 saturated carbocycles. The normalized spacial score (nSPS) is 12.8. The highest BCUT2D eigenvalue weighted by atomic mass is 16.3. The zero-order valence-corrected chi connectivity index (χ0v) is 35.6. The highest BCUT2D eigenvalue weighted by Gasteiger charge is 2.48. The van der Waals surface area contributed by atoms with Crippen molar-refractivity contribution in [3.63, 3.8) is 0 Å². The molecule has 6 heterocycles. The number of hydrogen-bond donors (Lipinski definition) is 0. The van der Waals surface area contributed by atoms with E-state index in [2.05, 4.69) is 243 Å². The van der Waals surface area contributed by atoms with E-state index in [0.29, 0.717) is 0 Å². The molecule has 4 aromatic heterocycles. The molecule has 5 nitrogen and oxygen atoms in total. The summed E-state index contributed by atoms with van der Waals surface area (Å²) in [6, 6.07) is 81.6. The Balaban J connectivity index is 1.20. The van der Waals surface area contributed by atoms with Crippen LogP contribution in [-0.4, -0.2) is 20.5 Å². The van der Waals surface area contributed by atoms with Crippen LogP contribution in [0.1, 0.15) is 0 Å². The minimum absolute atomic E-state index is 0.323. The van der Waals surface area contributed by atoms with Crippen molar-refractivity contribution in [3.8, 4) is 44.9 Å². The van der Waals surface area contributed by atoms with Crippen LogP contribution in [0.4, 0.5) is 17.1 Å². The van der Waals surface area contributed by atoms with Crippen molar-refractivity contribution in [2.75, 3.05) is 4.90 Å². The molecular formula is C60H37BN4O. The Hall–Kier alpha value is -8.74. The molecule has 0 bridgehead atoms. The molecule has 0 atom stereocenters. The minimum atomic E-state index is -0.323. The maximum Gasteiger partial charge on any atom is 0.376 e. The Morgan fingerprint density at radius 2 is 0.970 bits per heavy atom. The van der Waals surface area contributed by atoms with Gasteiger partial charge in [-0.15, -0.1) is 0 Å². The van der Waals surface area contributed by atoms with Gasteiger partial charge in [-0.2, -0.15) is 0 Å². The lowest BCUT2D eigenvalue weighted by atomic mass is 9.47. The van der Waals surface area contributed by atoms with Gasteiger partial charge in [-0.05, 0) is 82.8 Å². The molecule has 6 heteroatoms. The van der Waals surface area contributed by atoms with Crippen molar-refractivity contribution in [3.05, 3.63) is 224 Å². The zero-order valence-electron chi connectivity index (χ0n) is 35.6. The molecule has 0 amide bonds. The van der Waals surface area contributed by atoms with Crippen molar-refractivity contribution in [2.24, 2.45) is 0 Å². The molecule has 2 aliphatic heterocycles. The summed E-state index contributed by atoms with van der Waals surface area (Å²) in [5.41, 5.74) is 20.3. The van der Waals surface area contributed by atoms with Crippen molar-refractivity contribution in [2.45, 2.75) is 0 Å². The largest absolute Gasteiger partial charge is 0.449 e. The fraction of sp³-hybridized carbons (Fsp3) is 0. The summed E-state index contributed by atoms with van der Waals surface area (Å²) in [5, 5.41) is 5.93. The van der Waals surface area contributed by atoms with Crippen LogP contribution < -0.4 is 16.0 Å². The Morgan fingerprint density at radius 1 is 0.409 bits per heavy atom. The fourth-order valence-electron chi connectivity index (χ4n) is 11.7. The van der Waals surface area contributed by atoms with Crippen molar-refractivity contribution in [1.82, 2.24) is 13.6 Å². The number of furan rings is 1. The van der Waals surface area contributed by atoms with Gasteiger partial charge in [-0.25, -0.2) is 0 Å². The molecule has 13 aromatic rings. The van der Waals surface area contributed by atoms with E-state index in [9.17, 15) is 0 Å². The van der Waals surface area contributed by atoms with Crippen LogP contribution in [0.15, 0.2) is 229 Å². The molecule has 9 aromatic carbocycles. The zero-order chi connectivity index (χ0) is 43.0. The monoisotopic (exact) mass is 840 g/mol. The van der Waals surface area contributed by atoms with E-state index in [1.54, 1.807) is 0 Å². The van der Waals surface area contributed by atoms with E-state index in [0.717, 1.165) is 67.4 Å². The maximum atomic E-state index is 7.74. The molecule has 0 spiro atoms. The first kappa shape index (κ1) is 35.7. The van der Waals surface area contributed by atoms with Crippen molar-refractivity contribution >= 4 is 89.7 Å². The molecule has 15 rings (SSSR count). The highest BCUT2D eigenvalue weighted by Crippen LogP contribution is 2.54. The molecule has 0 radical (unpaired) electrons. The molecule has 0 fully saturated rings. The molecule has 0 unspecified atom stereocenters. The van der Waals surface area contributed by atoms with Gasteiger partial charge in [0.15, 0.2) is 0 Å². The van der Waals surface area contributed by atoms with Crippen LogP contribution in [0.25, 0.3) is 99.6 Å². The number of anilines is 3. The molecule has 0 aliphatic carbocycles. The average Bonchev–Trinajstić information content (AvgIpc) is 4.13. The van der Waals surface area contributed by atoms with Gasteiger partial charge in [-0.1, -0.05) is 164 Å². The van der Waals surface area contributed by atoms with Crippen molar-refractivity contribution in [1.29, 1.82) is 0 Å². The van der Waals surface area contributed by atoms with Gasteiger partial charge in [-0.3, -0.25) is 4.57 Å². The van der Waals surface area contributed by atoms with E-state index >= 15 is 0 Å². The van der Waals surface area contributed by atoms with Crippen LogP contribution in [0.2, 0.25) is 0 Å². The van der Waals surface area contributed by atoms with Crippen LogP contribution in [0.5, 0.6) is 0 Å². The SMILES string of the molecule is c1ccc(-c2c(-c3ccccc3)n3c4c(cc5c6ccccc6n(-c6ccccc6)c5c24)-c2cccc4c2B3c2oc3c(c2N4c2ccccc2)c2ccccc2n3-c2ccccc2)cc1. The van der Waals surface area contributed by atoms with E-state index < -0.39 is 0 Å². The lowest BCUT2D eigenvalue weighted by molar-refractivity contribution is 0.627.